The minimum Gasteiger partial charge on any atom is -0.147 e. The average molecular weight is 259 g/mol. The van der Waals surface area contributed by atoms with Gasteiger partial charge in [0.25, 0.3) is 0 Å². The molecule has 2 aromatic carbocycles. The van der Waals surface area contributed by atoms with Crippen LogP contribution in [0.15, 0.2) is 60.7 Å². The van der Waals surface area contributed by atoms with Gasteiger partial charge < -0.3 is 0 Å². The molecule has 3 heteroatoms. The van der Waals surface area contributed by atoms with E-state index in [1.54, 1.807) is 0 Å². The molecule has 2 rings (SSSR count). The predicted octanol–water partition coefficient (Wildman–Crippen LogP) is 2.75. The molecule has 0 aromatic heterocycles. The highest BCUT2D eigenvalue weighted by Crippen LogP contribution is 2.17. The summed E-state index contributed by atoms with van der Waals surface area (Å²) < 4.78 is 0. The second-order valence-corrected chi connectivity index (χ2v) is 2.73. The summed E-state index contributed by atoms with van der Waals surface area (Å²) in [6, 6.07) is 20.8. The molecule has 0 saturated heterocycles. The molecule has 0 amide bonds. The highest BCUT2D eigenvalue weighted by molar-refractivity contribution is 5.85. The van der Waals surface area contributed by atoms with E-state index < -0.39 is 0 Å². The molecule has 0 atom stereocenters. The Balaban J connectivity index is 0. The molecular weight excluding hydrogens is 243 g/mol. The van der Waals surface area contributed by atoms with Crippen LogP contribution >= 0.6 is 24.8 Å². The molecule has 2 aromatic rings. The van der Waals surface area contributed by atoms with Gasteiger partial charge in [-0.3, -0.25) is 0 Å². The summed E-state index contributed by atoms with van der Waals surface area (Å²) in [5.41, 5.74) is 2.55. The van der Waals surface area contributed by atoms with E-state index in [2.05, 4.69) is 48.5 Å². The van der Waals surface area contributed by atoms with Gasteiger partial charge in [-0.1, -0.05) is 60.7 Å². The number of halogens is 2. The van der Waals surface area contributed by atoms with Gasteiger partial charge in [-0.05, 0) is 22.1 Å². The van der Waals surface area contributed by atoms with Gasteiger partial charge in [0.15, 0.2) is 0 Å². The molecule has 0 aliphatic rings. The van der Waals surface area contributed by atoms with E-state index in [4.69, 9.17) is 0 Å². The first-order chi connectivity index (χ1) is 5.97. The Morgan fingerprint density at radius 3 is 1.00 bits per heavy atom. The zero-order valence-corrected chi connectivity index (χ0v) is 9.22. The number of benzene rings is 2. The Hall–Kier alpha value is -0.763. The van der Waals surface area contributed by atoms with E-state index in [1.807, 2.05) is 12.1 Å². The molecule has 0 aliphatic heterocycles. The van der Waals surface area contributed by atoms with Crippen molar-refractivity contribution in [1.82, 2.24) is 0 Å². The fraction of sp³-hybridized carbons (Fsp3) is 0. The van der Waals surface area contributed by atoms with Crippen LogP contribution in [0, 0.1) is 0 Å². The molecule has 82 valence electrons. The summed E-state index contributed by atoms with van der Waals surface area (Å²) in [7, 11) is 0. The maximum Gasteiger partial charge on any atom is -0.0149 e. The molecule has 0 saturated carbocycles. The molecule has 15 heavy (non-hydrogen) atoms. The maximum atomic E-state index is 2.12. The first-order valence-corrected chi connectivity index (χ1v) is 4.07. The largest absolute Gasteiger partial charge is 0.147 e. The van der Waals surface area contributed by atoms with Crippen LogP contribution in [-0.2, 0) is 0 Å². The average Bonchev–Trinajstić information content (AvgIpc) is 2.21. The SMILES string of the molecule is Cl.Cl.[SiH4].c1ccc(-c2ccccc2)cc1. The molecule has 0 bridgehead atoms. The second kappa shape index (κ2) is 8.54. The highest BCUT2D eigenvalue weighted by Gasteiger charge is 1.91. The van der Waals surface area contributed by atoms with Crippen molar-refractivity contribution in [2.75, 3.05) is 0 Å². The predicted molar refractivity (Wildman–Crippen MR) is 77.7 cm³/mol. The molecule has 0 unspecified atom stereocenters. The first-order valence-electron chi connectivity index (χ1n) is 4.07. The van der Waals surface area contributed by atoms with Crippen LogP contribution in [0.25, 0.3) is 11.1 Å². The summed E-state index contributed by atoms with van der Waals surface area (Å²) in [6.45, 7) is 0. The van der Waals surface area contributed by atoms with E-state index in [0.717, 1.165) is 0 Å². The van der Waals surface area contributed by atoms with Gasteiger partial charge in [-0.25, -0.2) is 0 Å². The first kappa shape index (κ1) is 16.7. The van der Waals surface area contributed by atoms with Gasteiger partial charge in [0, 0.05) is 0 Å². The smallest absolute Gasteiger partial charge is 0.0149 e. The van der Waals surface area contributed by atoms with Gasteiger partial charge in [0.2, 0.25) is 0 Å². The molecule has 0 radical (unpaired) electrons. The lowest BCUT2D eigenvalue weighted by molar-refractivity contribution is 1.62. The van der Waals surface area contributed by atoms with Crippen LogP contribution in [0.5, 0.6) is 0 Å². The van der Waals surface area contributed by atoms with E-state index in [-0.39, 0.29) is 35.8 Å². The quantitative estimate of drug-likeness (QED) is 0.691. The fourth-order valence-corrected chi connectivity index (χ4v) is 1.26. The van der Waals surface area contributed by atoms with E-state index in [9.17, 15) is 0 Å². The van der Waals surface area contributed by atoms with Crippen molar-refractivity contribution in [2.24, 2.45) is 0 Å². The van der Waals surface area contributed by atoms with Gasteiger partial charge in [-0.15, -0.1) is 24.8 Å². The van der Waals surface area contributed by atoms with Crippen molar-refractivity contribution < 1.29 is 0 Å². The van der Waals surface area contributed by atoms with Crippen molar-refractivity contribution in [3.63, 3.8) is 0 Å². The summed E-state index contributed by atoms with van der Waals surface area (Å²) in [5.74, 6) is 0. The molecule has 0 heterocycles. The molecule has 0 spiro atoms. The molecule has 0 nitrogen and oxygen atoms in total. The van der Waals surface area contributed by atoms with E-state index in [1.165, 1.54) is 11.1 Å². The molecule has 0 fully saturated rings. The summed E-state index contributed by atoms with van der Waals surface area (Å²) in [6.07, 6.45) is 0. The summed E-state index contributed by atoms with van der Waals surface area (Å²) >= 11 is 0. The van der Waals surface area contributed by atoms with Crippen molar-refractivity contribution in [3.8, 4) is 11.1 Å². The van der Waals surface area contributed by atoms with Crippen molar-refractivity contribution in [1.29, 1.82) is 0 Å². The standard InChI is InChI=1S/C12H10.2ClH.H4Si/c1-3-7-11(8-4-1)12-9-5-2-6-10-12;;;/h1-10H;2*1H;1H4. The Morgan fingerprint density at radius 1 is 0.467 bits per heavy atom. The van der Waals surface area contributed by atoms with Gasteiger partial charge >= 0.3 is 0 Å². The van der Waals surface area contributed by atoms with Crippen LogP contribution < -0.4 is 0 Å². The second-order valence-electron chi connectivity index (χ2n) is 2.73. The van der Waals surface area contributed by atoms with Crippen molar-refractivity contribution >= 4 is 35.8 Å². The van der Waals surface area contributed by atoms with Crippen LogP contribution in [0.4, 0.5) is 0 Å². The van der Waals surface area contributed by atoms with Crippen LogP contribution in [0.2, 0.25) is 0 Å². The zero-order valence-electron chi connectivity index (χ0n) is 7.59. The van der Waals surface area contributed by atoms with Gasteiger partial charge in [0.05, 0.1) is 0 Å². The van der Waals surface area contributed by atoms with E-state index >= 15 is 0 Å². The zero-order chi connectivity index (χ0) is 8.23. The maximum absolute atomic E-state index is 2.12. The molecule has 0 aliphatic carbocycles. The number of hydrogen-bond donors (Lipinski definition) is 0. The lowest BCUT2D eigenvalue weighted by atomic mass is 10.1. The van der Waals surface area contributed by atoms with Gasteiger partial charge in [-0.2, -0.15) is 0 Å². The Kier molecular flexibility index (Phi) is 9.48. The van der Waals surface area contributed by atoms with E-state index in [0.29, 0.717) is 0 Å². The molecular formula is C12H16Cl2Si. The Bertz CT molecular complexity index is 311. The number of hydrogen-bond acceptors (Lipinski definition) is 0. The van der Waals surface area contributed by atoms with Crippen molar-refractivity contribution in [3.05, 3.63) is 60.7 Å². The van der Waals surface area contributed by atoms with Crippen LogP contribution in [0.1, 0.15) is 0 Å². The Labute approximate surface area is 108 Å². The third-order valence-electron chi connectivity index (χ3n) is 1.88. The van der Waals surface area contributed by atoms with Crippen molar-refractivity contribution in [2.45, 2.75) is 0 Å². The minimum absolute atomic E-state index is 0. The lowest BCUT2D eigenvalue weighted by Gasteiger charge is -1.98. The topological polar surface area (TPSA) is 0 Å². The highest BCUT2D eigenvalue weighted by atomic mass is 35.5. The normalized spacial score (nSPS) is 7.73. The minimum atomic E-state index is 0. The third kappa shape index (κ3) is 4.52. The number of rotatable bonds is 1. The summed E-state index contributed by atoms with van der Waals surface area (Å²) in [4.78, 5) is 0. The third-order valence-corrected chi connectivity index (χ3v) is 1.88. The lowest BCUT2D eigenvalue weighted by Crippen LogP contribution is -1.73. The van der Waals surface area contributed by atoms with Gasteiger partial charge in [0.1, 0.15) is 0 Å². The molecule has 0 N–H and O–H groups in total. The van der Waals surface area contributed by atoms with Crippen LogP contribution in [0.3, 0.4) is 0 Å². The monoisotopic (exact) mass is 258 g/mol. The summed E-state index contributed by atoms with van der Waals surface area (Å²) in [5, 5.41) is 0. The Morgan fingerprint density at radius 2 is 0.733 bits per heavy atom. The van der Waals surface area contributed by atoms with Crippen LogP contribution in [-0.4, -0.2) is 11.0 Å². The fourth-order valence-electron chi connectivity index (χ4n) is 1.26.